The summed E-state index contributed by atoms with van der Waals surface area (Å²) in [6.45, 7) is 6.13. The van der Waals surface area contributed by atoms with E-state index >= 15 is 0 Å². The Bertz CT molecular complexity index is 277. The van der Waals surface area contributed by atoms with Gasteiger partial charge in [0.15, 0.2) is 5.79 Å². The molecule has 1 N–H and O–H groups in total. The second kappa shape index (κ2) is 3.94. The second-order valence-corrected chi connectivity index (χ2v) is 7.04. The molecule has 2 aliphatic carbocycles. The van der Waals surface area contributed by atoms with Crippen LogP contribution in [0.25, 0.3) is 0 Å². The van der Waals surface area contributed by atoms with Crippen LogP contribution in [0.15, 0.2) is 0 Å². The van der Waals surface area contributed by atoms with Gasteiger partial charge in [0.05, 0.1) is 13.2 Å². The minimum atomic E-state index is -0.219. The van der Waals surface area contributed by atoms with Gasteiger partial charge >= 0.3 is 0 Å². The van der Waals surface area contributed by atoms with Gasteiger partial charge in [-0.25, -0.2) is 0 Å². The smallest absolute Gasteiger partial charge is 0.168 e. The van der Waals surface area contributed by atoms with Crippen LogP contribution < -0.4 is 5.32 Å². The van der Waals surface area contributed by atoms with Crippen LogP contribution in [-0.2, 0) is 9.47 Å². The summed E-state index contributed by atoms with van der Waals surface area (Å²) in [5.41, 5.74) is 0.191. The van der Waals surface area contributed by atoms with Crippen molar-refractivity contribution in [1.29, 1.82) is 0 Å². The summed E-state index contributed by atoms with van der Waals surface area (Å²) in [6, 6.07) is 0.724. The molecule has 1 saturated heterocycles. The van der Waals surface area contributed by atoms with Crippen LogP contribution in [0, 0.1) is 17.3 Å². The van der Waals surface area contributed by atoms with E-state index < -0.39 is 0 Å². The van der Waals surface area contributed by atoms with E-state index in [2.05, 4.69) is 26.2 Å². The molecule has 3 heteroatoms. The lowest BCUT2D eigenvalue weighted by Gasteiger charge is -2.42. The molecule has 0 aromatic carbocycles. The van der Waals surface area contributed by atoms with Gasteiger partial charge in [0, 0.05) is 24.3 Å². The summed E-state index contributed by atoms with van der Waals surface area (Å²) in [5, 5.41) is 3.42. The Morgan fingerprint density at radius 2 is 1.53 bits per heavy atom. The molecular weight excluding hydrogens is 214 g/mol. The minimum absolute atomic E-state index is 0.191. The predicted molar refractivity (Wildman–Crippen MR) is 66.7 cm³/mol. The Morgan fingerprint density at radius 1 is 1.00 bits per heavy atom. The lowest BCUT2D eigenvalue weighted by atomic mass is 9.94. The van der Waals surface area contributed by atoms with Crippen molar-refractivity contribution in [2.45, 2.75) is 51.4 Å². The maximum absolute atomic E-state index is 6.10. The van der Waals surface area contributed by atoms with Crippen molar-refractivity contribution in [2.75, 3.05) is 20.3 Å². The van der Waals surface area contributed by atoms with Crippen LogP contribution >= 0.6 is 0 Å². The number of fused-ring (bicyclic) bond motifs is 1. The van der Waals surface area contributed by atoms with Crippen molar-refractivity contribution >= 4 is 0 Å². The lowest BCUT2D eigenvalue weighted by molar-refractivity contribution is -0.297. The molecule has 3 rings (SSSR count). The molecule has 3 nitrogen and oxygen atoms in total. The van der Waals surface area contributed by atoms with Crippen LogP contribution in [-0.4, -0.2) is 32.1 Å². The van der Waals surface area contributed by atoms with Crippen molar-refractivity contribution in [3.8, 4) is 0 Å². The molecule has 98 valence electrons. The zero-order chi connectivity index (χ0) is 12.1. The molecule has 1 spiro atoms. The summed E-state index contributed by atoms with van der Waals surface area (Å²) < 4.78 is 12.2. The van der Waals surface area contributed by atoms with Gasteiger partial charge in [0.1, 0.15) is 0 Å². The van der Waals surface area contributed by atoms with E-state index in [1.807, 2.05) is 0 Å². The van der Waals surface area contributed by atoms with Crippen LogP contribution in [0.3, 0.4) is 0 Å². The molecule has 0 aromatic heterocycles. The first kappa shape index (κ1) is 11.9. The SMILES string of the molecule is CNC1C[C@@H]2CC3(C[C@@H]2C1)OCC(C)(C)CO3. The van der Waals surface area contributed by atoms with E-state index in [9.17, 15) is 0 Å². The molecule has 1 aliphatic heterocycles. The molecule has 3 fully saturated rings. The van der Waals surface area contributed by atoms with E-state index in [1.165, 1.54) is 12.8 Å². The molecule has 2 saturated carbocycles. The number of nitrogens with one attached hydrogen (secondary N) is 1. The van der Waals surface area contributed by atoms with Gasteiger partial charge < -0.3 is 14.8 Å². The number of ether oxygens (including phenoxy) is 2. The van der Waals surface area contributed by atoms with Gasteiger partial charge in [-0.05, 0) is 31.7 Å². The van der Waals surface area contributed by atoms with Crippen LogP contribution in [0.1, 0.15) is 39.5 Å². The fraction of sp³-hybridized carbons (Fsp3) is 1.00. The van der Waals surface area contributed by atoms with E-state index in [-0.39, 0.29) is 11.2 Å². The van der Waals surface area contributed by atoms with Crippen LogP contribution in [0.4, 0.5) is 0 Å². The first-order valence-corrected chi connectivity index (χ1v) is 6.97. The molecule has 3 aliphatic rings. The molecular formula is C14H25NO2. The van der Waals surface area contributed by atoms with Crippen LogP contribution in [0.5, 0.6) is 0 Å². The Labute approximate surface area is 104 Å². The third-order valence-corrected chi connectivity index (χ3v) is 4.85. The van der Waals surface area contributed by atoms with Gasteiger partial charge in [-0.15, -0.1) is 0 Å². The molecule has 0 bridgehead atoms. The number of rotatable bonds is 1. The van der Waals surface area contributed by atoms with Gasteiger partial charge in [-0.3, -0.25) is 0 Å². The largest absolute Gasteiger partial charge is 0.349 e. The Balaban J connectivity index is 1.63. The normalized spacial score (nSPS) is 42.9. The fourth-order valence-corrected chi connectivity index (χ4v) is 3.80. The highest BCUT2D eigenvalue weighted by molar-refractivity contribution is 4.99. The summed E-state index contributed by atoms with van der Waals surface area (Å²) in [5.74, 6) is 1.41. The molecule has 1 unspecified atom stereocenters. The van der Waals surface area contributed by atoms with E-state index in [4.69, 9.17) is 9.47 Å². The van der Waals surface area contributed by atoms with Gasteiger partial charge in [0.25, 0.3) is 0 Å². The Hall–Kier alpha value is -0.120. The monoisotopic (exact) mass is 239 g/mol. The summed E-state index contributed by atoms with van der Waals surface area (Å²) in [7, 11) is 2.08. The van der Waals surface area contributed by atoms with Gasteiger partial charge in [-0.1, -0.05) is 13.8 Å². The lowest BCUT2D eigenvalue weighted by Crippen LogP contribution is -2.46. The van der Waals surface area contributed by atoms with Crippen molar-refractivity contribution < 1.29 is 9.47 Å². The summed E-state index contributed by atoms with van der Waals surface area (Å²) in [6.07, 6.45) is 4.84. The number of hydrogen-bond donors (Lipinski definition) is 1. The standard InChI is InChI=1S/C14H25NO2/c1-13(2)8-16-14(17-9-13)6-10-4-12(15-3)5-11(10)7-14/h10-12,15H,4-9H2,1-3H3/t10-,11+,12?. The van der Waals surface area contributed by atoms with E-state index in [1.54, 1.807) is 0 Å². The third kappa shape index (κ3) is 2.13. The van der Waals surface area contributed by atoms with E-state index in [0.717, 1.165) is 43.9 Å². The van der Waals surface area contributed by atoms with Crippen molar-refractivity contribution in [1.82, 2.24) is 5.32 Å². The average molecular weight is 239 g/mol. The fourth-order valence-electron chi connectivity index (χ4n) is 3.80. The van der Waals surface area contributed by atoms with Crippen molar-refractivity contribution in [2.24, 2.45) is 17.3 Å². The first-order chi connectivity index (χ1) is 8.02. The van der Waals surface area contributed by atoms with Gasteiger partial charge in [-0.2, -0.15) is 0 Å². The highest BCUT2D eigenvalue weighted by atomic mass is 16.7. The molecule has 17 heavy (non-hydrogen) atoms. The number of hydrogen-bond acceptors (Lipinski definition) is 3. The molecule has 0 amide bonds. The third-order valence-electron chi connectivity index (χ3n) is 4.85. The summed E-state index contributed by atoms with van der Waals surface area (Å²) >= 11 is 0. The van der Waals surface area contributed by atoms with E-state index in [0.29, 0.717) is 0 Å². The van der Waals surface area contributed by atoms with Crippen LogP contribution in [0.2, 0.25) is 0 Å². The second-order valence-electron chi connectivity index (χ2n) is 7.04. The first-order valence-electron chi connectivity index (χ1n) is 6.97. The average Bonchev–Trinajstić information content (AvgIpc) is 2.78. The maximum Gasteiger partial charge on any atom is 0.168 e. The summed E-state index contributed by atoms with van der Waals surface area (Å²) in [4.78, 5) is 0. The highest BCUT2D eigenvalue weighted by Gasteiger charge is 2.53. The van der Waals surface area contributed by atoms with Crippen molar-refractivity contribution in [3.63, 3.8) is 0 Å². The minimum Gasteiger partial charge on any atom is -0.349 e. The molecule has 1 heterocycles. The quantitative estimate of drug-likeness (QED) is 0.760. The predicted octanol–water partition coefficient (Wildman–Crippen LogP) is 2.16. The Kier molecular flexibility index (Phi) is 2.77. The maximum atomic E-state index is 6.10. The Morgan fingerprint density at radius 3 is 2.00 bits per heavy atom. The highest BCUT2D eigenvalue weighted by Crippen LogP contribution is 2.52. The zero-order valence-corrected chi connectivity index (χ0v) is 11.3. The zero-order valence-electron chi connectivity index (χ0n) is 11.3. The van der Waals surface area contributed by atoms with Gasteiger partial charge in [0.2, 0.25) is 0 Å². The molecule has 0 radical (unpaired) electrons. The van der Waals surface area contributed by atoms with Crippen molar-refractivity contribution in [3.05, 3.63) is 0 Å². The molecule has 3 atom stereocenters. The molecule has 0 aromatic rings. The topological polar surface area (TPSA) is 30.5 Å².